The van der Waals surface area contributed by atoms with Gasteiger partial charge in [0.15, 0.2) is 5.17 Å². The topological polar surface area (TPSA) is 84.4 Å². The molecule has 1 amide bonds. The van der Waals surface area contributed by atoms with Gasteiger partial charge >= 0.3 is 6.36 Å². The van der Waals surface area contributed by atoms with Gasteiger partial charge in [-0.3, -0.25) is 14.3 Å². The van der Waals surface area contributed by atoms with Crippen LogP contribution in [-0.2, 0) is 4.79 Å². The van der Waals surface area contributed by atoms with Crippen LogP contribution in [-0.4, -0.2) is 44.8 Å². The highest BCUT2D eigenvalue weighted by Crippen LogP contribution is 2.33. The number of halogens is 3. The molecule has 0 spiro atoms. The second kappa shape index (κ2) is 11.6. The zero-order valence-electron chi connectivity index (χ0n) is 23.8. The lowest BCUT2D eigenvalue weighted by molar-refractivity contribution is -0.274. The number of carbonyl (C=O) groups is 1. The standard InChI is InChI=1S/C32H25F3N6O2S/c1-19-5-4-6-20(2)30(19)41-28(38-21(3)42)17-44-31(41)39-37-16-22-7-13-26-23(15-22)8-14-27-29(26)36-18-40(27)24-9-11-25(12-10-24)43-32(33,34)35/h4-16,18H,17H2,1-3H3. The molecule has 12 heteroatoms. The van der Waals surface area contributed by atoms with Gasteiger partial charge in [-0.2, -0.15) is 10.1 Å². The van der Waals surface area contributed by atoms with E-state index < -0.39 is 6.36 Å². The normalized spacial score (nSPS) is 15.8. The molecule has 6 rings (SSSR count). The van der Waals surface area contributed by atoms with E-state index in [4.69, 9.17) is 0 Å². The van der Waals surface area contributed by atoms with Crippen LogP contribution in [0.3, 0.4) is 0 Å². The van der Waals surface area contributed by atoms with Crippen molar-refractivity contribution in [3.8, 4) is 11.4 Å². The van der Waals surface area contributed by atoms with Gasteiger partial charge in [0.05, 0.1) is 28.7 Å². The molecule has 4 aromatic carbocycles. The Labute approximate surface area is 254 Å². The minimum atomic E-state index is -4.75. The molecule has 0 N–H and O–H groups in total. The van der Waals surface area contributed by atoms with Crippen LogP contribution in [0, 0.1) is 13.8 Å². The molecule has 0 aliphatic carbocycles. The van der Waals surface area contributed by atoms with Gasteiger partial charge in [-0.15, -0.1) is 18.3 Å². The SMILES string of the molecule is CC(=O)N=C1CSC(=NN=Cc2ccc3c(ccc4c3ncn4-c3ccc(OC(F)(F)F)cc3)c2)N1c1c(C)cccc1C. The van der Waals surface area contributed by atoms with E-state index in [1.807, 2.05) is 71.8 Å². The van der Waals surface area contributed by atoms with Crippen LogP contribution in [0.15, 0.2) is 94.3 Å². The van der Waals surface area contributed by atoms with Gasteiger partial charge in [-0.1, -0.05) is 48.2 Å². The number of carbonyl (C=O) groups excluding carboxylic acids is 1. The fourth-order valence-corrected chi connectivity index (χ4v) is 6.04. The summed E-state index contributed by atoms with van der Waals surface area (Å²) < 4.78 is 43.4. The lowest BCUT2D eigenvalue weighted by Gasteiger charge is -2.22. The zero-order valence-corrected chi connectivity index (χ0v) is 24.6. The third-order valence-electron chi connectivity index (χ3n) is 6.98. The Balaban J connectivity index is 1.27. The summed E-state index contributed by atoms with van der Waals surface area (Å²) in [5, 5.41) is 11.4. The number of para-hydroxylation sites is 1. The Hall–Kier alpha value is -4.97. The van der Waals surface area contributed by atoms with Crippen molar-refractivity contribution in [2.45, 2.75) is 27.1 Å². The number of ether oxygens (including phenoxy) is 1. The molecule has 1 aromatic heterocycles. The van der Waals surface area contributed by atoms with Gasteiger partial charge in [0, 0.05) is 18.0 Å². The first kappa shape index (κ1) is 29.1. The van der Waals surface area contributed by atoms with E-state index in [9.17, 15) is 18.0 Å². The molecule has 1 aliphatic rings. The molecule has 44 heavy (non-hydrogen) atoms. The number of benzene rings is 4. The van der Waals surface area contributed by atoms with Gasteiger partial charge in [-0.25, -0.2) is 4.98 Å². The number of amidine groups is 2. The number of imidazole rings is 1. The third-order valence-corrected chi connectivity index (χ3v) is 7.91. The van der Waals surface area contributed by atoms with E-state index in [-0.39, 0.29) is 11.7 Å². The Morgan fingerprint density at radius 1 is 1.02 bits per heavy atom. The van der Waals surface area contributed by atoms with Crippen molar-refractivity contribution in [3.05, 3.63) is 95.8 Å². The van der Waals surface area contributed by atoms with Gasteiger partial charge in [0.25, 0.3) is 0 Å². The van der Waals surface area contributed by atoms with Gasteiger partial charge in [0.2, 0.25) is 5.91 Å². The Kier molecular flexibility index (Phi) is 7.68. The molecule has 1 aliphatic heterocycles. The van der Waals surface area contributed by atoms with Crippen molar-refractivity contribution in [2.24, 2.45) is 15.2 Å². The van der Waals surface area contributed by atoms with Gasteiger partial charge < -0.3 is 4.74 Å². The first-order chi connectivity index (χ1) is 21.1. The predicted molar refractivity (Wildman–Crippen MR) is 169 cm³/mol. The lowest BCUT2D eigenvalue weighted by Crippen LogP contribution is -2.31. The fraction of sp³-hybridized carbons (Fsp3) is 0.156. The first-order valence-corrected chi connectivity index (χ1v) is 14.5. The van der Waals surface area contributed by atoms with E-state index in [1.54, 1.807) is 24.7 Å². The summed E-state index contributed by atoms with van der Waals surface area (Å²) in [5.41, 5.74) is 6.06. The number of nitrogens with zero attached hydrogens (tertiary/aromatic N) is 6. The van der Waals surface area contributed by atoms with Crippen molar-refractivity contribution < 1.29 is 22.7 Å². The molecule has 0 unspecified atom stereocenters. The largest absolute Gasteiger partial charge is 0.573 e. The number of rotatable bonds is 5. The van der Waals surface area contributed by atoms with Crippen LogP contribution < -0.4 is 9.64 Å². The average molecular weight is 615 g/mol. The number of hydrogen-bond acceptors (Lipinski definition) is 6. The first-order valence-electron chi connectivity index (χ1n) is 13.5. The molecule has 0 radical (unpaired) electrons. The number of aliphatic imine (C=N–C) groups is 1. The summed E-state index contributed by atoms with van der Waals surface area (Å²) in [7, 11) is 0. The Bertz CT molecular complexity index is 1980. The number of thioether (sulfide) groups is 1. The van der Waals surface area contributed by atoms with Crippen LogP contribution >= 0.6 is 11.8 Å². The highest BCUT2D eigenvalue weighted by molar-refractivity contribution is 8.15. The molecule has 5 aromatic rings. The van der Waals surface area contributed by atoms with Crippen LogP contribution in [0.5, 0.6) is 5.75 Å². The minimum Gasteiger partial charge on any atom is -0.406 e. The molecule has 8 nitrogen and oxygen atoms in total. The second-order valence-corrected chi connectivity index (χ2v) is 11.1. The summed E-state index contributed by atoms with van der Waals surface area (Å²) >= 11 is 1.47. The molecule has 2 heterocycles. The maximum absolute atomic E-state index is 12.5. The summed E-state index contributed by atoms with van der Waals surface area (Å²) in [6.07, 6.45) is -1.44. The average Bonchev–Trinajstić information content (AvgIpc) is 3.57. The third kappa shape index (κ3) is 5.93. The quantitative estimate of drug-likeness (QED) is 0.151. The smallest absolute Gasteiger partial charge is 0.406 e. The van der Waals surface area contributed by atoms with E-state index in [2.05, 4.69) is 24.9 Å². The van der Waals surface area contributed by atoms with Crippen LogP contribution in [0.4, 0.5) is 18.9 Å². The van der Waals surface area contributed by atoms with Crippen LogP contribution in [0.1, 0.15) is 23.6 Å². The van der Waals surface area contributed by atoms with Crippen molar-refractivity contribution in [1.82, 2.24) is 9.55 Å². The van der Waals surface area contributed by atoms with E-state index in [0.29, 0.717) is 22.4 Å². The lowest BCUT2D eigenvalue weighted by atomic mass is 10.1. The molecule has 0 bridgehead atoms. The monoisotopic (exact) mass is 614 g/mol. The Morgan fingerprint density at radius 3 is 2.48 bits per heavy atom. The van der Waals surface area contributed by atoms with Crippen LogP contribution in [0.25, 0.3) is 27.5 Å². The molecular formula is C32H25F3N6O2S. The molecule has 0 atom stereocenters. The fourth-order valence-electron chi connectivity index (χ4n) is 5.16. The van der Waals surface area contributed by atoms with Crippen molar-refractivity contribution in [1.29, 1.82) is 0 Å². The predicted octanol–water partition coefficient (Wildman–Crippen LogP) is 7.58. The highest BCUT2D eigenvalue weighted by Gasteiger charge is 2.31. The number of aryl methyl sites for hydroxylation is 2. The van der Waals surface area contributed by atoms with Crippen molar-refractivity contribution in [3.63, 3.8) is 0 Å². The zero-order chi connectivity index (χ0) is 31.0. The maximum atomic E-state index is 12.5. The number of aromatic nitrogens is 2. The summed E-state index contributed by atoms with van der Waals surface area (Å²) in [6.45, 7) is 5.45. The molecule has 222 valence electrons. The summed E-state index contributed by atoms with van der Waals surface area (Å²) in [4.78, 5) is 22.5. The van der Waals surface area contributed by atoms with Gasteiger partial charge in [0.1, 0.15) is 17.9 Å². The molecular weight excluding hydrogens is 589 g/mol. The van der Waals surface area contributed by atoms with Crippen LogP contribution in [0.2, 0.25) is 0 Å². The van der Waals surface area contributed by atoms with E-state index >= 15 is 0 Å². The number of alkyl halides is 3. The minimum absolute atomic E-state index is 0.273. The molecule has 0 saturated carbocycles. The van der Waals surface area contributed by atoms with E-state index in [0.717, 1.165) is 44.2 Å². The van der Waals surface area contributed by atoms with Crippen molar-refractivity contribution in [2.75, 3.05) is 10.7 Å². The molecule has 1 fully saturated rings. The summed E-state index contributed by atoms with van der Waals surface area (Å²) in [6, 6.07) is 21.4. The van der Waals surface area contributed by atoms with Crippen molar-refractivity contribution >= 4 is 62.4 Å². The summed E-state index contributed by atoms with van der Waals surface area (Å²) in [5.74, 6) is 0.564. The number of hydrogen-bond donors (Lipinski definition) is 0. The second-order valence-electron chi connectivity index (χ2n) is 10.1. The number of amides is 1. The van der Waals surface area contributed by atoms with E-state index in [1.165, 1.54) is 30.8 Å². The highest BCUT2D eigenvalue weighted by atomic mass is 32.2. The number of anilines is 1. The Morgan fingerprint density at radius 2 is 1.77 bits per heavy atom. The van der Waals surface area contributed by atoms with Gasteiger partial charge in [-0.05, 0) is 72.3 Å². The number of fused-ring (bicyclic) bond motifs is 3. The maximum Gasteiger partial charge on any atom is 0.573 e. The molecule has 1 saturated heterocycles.